The summed E-state index contributed by atoms with van der Waals surface area (Å²) in [6, 6.07) is 2.99. The summed E-state index contributed by atoms with van der Waals surface area (Å²) in [7, 11) is 2.45. The van der Waals surface area contributed by atoms with Crippen molar-refractivity contribution in [3.63, 3.8) is 0 Å². The van der Waals surface area contributed by atoms with Gasteiger partial charge in [-0.1, -0.05) is 0 Å². The molecule has 100 valence electrons. The SMILES string of the molecule is COC(=O)CC(O)C(O)c1ccc(C(=O)OC)s1. The van der Waals surface area contributed by atoms with Gasteiger partial charge in [-0.15, -0.1) is 11.3 Å². The lowest BCUT2D eigenvalue weighted by atomic mass is 10.1. The van der Waals surface area contributed by atoms with Gasteiger partial charge < -0.3 is 19.7 Å². The molecular weight excluding hydrogens is 260 g/mol. The fourth-order valence-electron chi connectivity index (χ4n) is 1.28. The van der Waals surface area contributed by atoms with E-state index in [0.29, 0.717) is 9.75 Å². The lowest BCUT2D eigenvalue weighted by Gasteiger charge is -2.14. The van der Waals surface area contributed by atoms with Crippen molar-refractivity contribution in [3.05, 3.63) is 21.9 Å². The average molecular weight is 274 g/mol. The minimum atomic E-state index is -1.28. The summed E-state index contributed by atoms with van der Waals surface area (Å²) in [5.74, 6) is -1.13. The van der Waals surface area contributed by atoms with Crippen LogP contribution in [0.5, 0.6) is 0 Å². The van der Waals surface area contributed by atoms with Crippen LogP contribution >= 0.6 is 11.3 Å². The predicted octanol–water partition coefficient (Wildman–Crippen LogP) is 0.492. The number of aliphatic hydroxyl groups excluding tert-OH is 2. The lowest BCUT2D eigenvalue weighted by Crippen LogP contribution is -2.21. The molecule has 7 heteroatoms. The molecule has 2 atom stereocenters. The molecule has 18 heavy (non-hydrogen) atoms. The smallest absolute Gasteiger partial charge is 0.348 e. The maximum Gasteiger partial charge on any atom is 0.348 e. The van der Waals surface area contributed by atoms with Gasteiger partial charge >= 0.3 is 11.9 Å². The van der Waals surface area contributed by atoms with Crippen LogP contribution in [0.2, 0.25) is 0 Å². The van der Waals surface area contributed by atoms with Crippen LogP contribution in [0.3, 0.4) is 0 Å². The van der Waals surface area contributed by atoms with Crippen molar-refractivity contribution in [2.45, 2.75) is 18.6 Å². The number of esters is 2. The number of ether oxygens (including phenoxy) is 2. The van der Waals surface area contributed by atoms with E-state index < -0.39 is 24.1 Å². The Morgan fingerprint density at radius 3 is 2.50 bits per heavy atom. The molecule has 0 aromatic carbocycles. The van der Waals surface area contributed by atoms with Crippen LogP contribution in [0.25, 0.3) is 0 Å². The van der Waals surface area contributed by atoms with Gasteiger partial charge in [0.05, 0.1) is 26.7 Å². The fourth-order valence-corrected chi connectivity index (χ4v) is 2.25. The van der Waals surface area contributed by atoms with E-state index >= 15 is 0 Å². The lowest BCUT2D eigenvalue weighted by molar-refractivity contribution is -0.144. The summed E-state index contributed by atoms with van der Waals surface area (Å²) < 4.78 is 8.91. The van der Waals surface area contributed by atoms with E-state index in [-0.39, 0.29) is 6.42 Å². The van der Waals surface area contributed by atoms with E-state index in [0.717, 1.165) is 11.3 Å². The largest absolute Gasteiger partial charge is 0.469 e. The van der Waals surface area contributed by atoms with E-state index in [2.05, 4.69) is 9.47 Å². The molecule has 0 amide bonds. The number of methoxy groups -OCH3 is 2. The Morgan fingerprint density at radius 2 is 1.94 bits per heavy atom. The van der Waals surface area contributed by atoms with Crippen LogP contribution in [0.1, 0.15) is 27.1 Å². The van der Waals surface area contributed by atoms with Crippen molar-refractivity contribution in [1.82, 2.24) is 0 Å². The Balaban J connectivity index is 2.71. The summed E-state index contributed by atoms with van der Waals surface area (Å²) >= 11 is 1.00. The highest BCUT2D eigenvalue weighted by Gasteiger charge is 2.24. The molecule has 2 N–H and O–H groups in total. The summed E-state index contributed by atoms with van der Waals surface area (Å²) in [6.07, 6.45) is -2.84. The van der Waals surface area contributed by atoms with Crippen LogP contribution in [0, 0.1) is 0 Å². The molecule has 0 saturated heterocycles. The summed E-state index contributed by atoms with van der Waals surface area (Å²) in [5.41, 5.74) is 0. The van der Waals surface area contributed by atoms with Gasteiger partial charge in [0.15, 0.2) is 0 Å². The zero-order valence-electron chi connectivity index (χ0n) is 9.95. The van der Waals surface area contributed by atoms with E-state index in [1.807, 2.05) is 0 Å². The van der Waals surface area contributed by atoms with Gasteiger partial charge in [0.2, 0.25) is 0 Å². The first-order valence-electron chi connectivity index (χ1n) is 5.10. The van der Waals surface area contributed by atoms with Crippen LogP contribution in [0.15, 0.2) is 12.1 Å². The first-order chi connectivity index (χ1) is 8.49. The molecular formula is C11H14O6S. The highest BCUT2D eigenvalue weighted by molar-refractivity contribution is 7.14. The molecule has 1 aromatic heterocycles. The zero-order valence-corrected chi connectivity index (χ0v) is 10.8. The third kappa shape index (κ3) is 3.52. The Morgan fingerprint density at radius 1 is 1.28 bits per heavy atom. The monoisotopic (exact) mass is 274 g/mol. The number of thiophene rings is 1. The molecule has 1 heterocycles. The van der Waals surface area contributed by atoms with E-state index in [9.17, 15) is 19.8 Å². The van der Waals surface area contributed by atoms with Crippen LogP contribution in [-0.4, -0.2) is 42.5 Å². The summed E-state index contributed by atoms with van der Waals surface area (Å²) in [6.45, 7) is 0. The first kappa shape index (κ1) is 14.6. The van der Waals surface area contributed by atoms with Gasteiger partial charge in [0, 0.05) is 4.88 Å². The molecule has 1 aromatic rings. The van der Waals surface area contributed by atoms with Crippen LogP contribution < -0.4 is 0 Å². The highest BCUT2D eigenvalue weighted by atomic mass is 32.1. The first-order valence-corrected chi connectivity index (χ1v) is 5.92. The normalized spacial score (nSPS) is 13.8. The Bertz CT molecular complexity index is 427. The van der Waals surface area contributed by atoms with Gasteiger partial charge in [0.25, 0.3) is 0 Å². The maximum absolute atomic E-state index is 11.2. The van der Waals surface area contributed by atoms with Crippen molar-refractivity contribution in [3.8, 4) is 0 Å². The summed E-state index contributed by atoms with van der Waals surface area (Å²) in [5, 5.41) is 19.4. The zero-order chi connectivity index (χ0) is 13.7. The van der Waals surface area contributed by atoms with Gasteiger partial charge in [-0.25, -0.2) is 4.79 Å². The van der Waals surface area contributed by atoms with Crippen molar-refractivity contribution in [2.75, 3.05) is 14.2 Å². The fraction of sp³-hybridized carbons (Fsp3) is 0.455. The average Bonchev–Trinajstić information content (AvgIpc) is 2.86. The van der Waals surface area contributed by atoms with E-state index in [4.69, 9.17) is 0 Å². The van der Waals surface area contributed by atoms with Gasteiger partial charge in [-0.2, -0.15) is 0 Å². The standard InChI is InChI=1S/C11H14O6S/c1-16-9(13)5-6(12)10(14)7-3-4-8(18-7)11(15)17-2/h3-4,6,10,12,14H,5H2,1-2H3. The van der Waals surface area contributed by atoms with Crippen molar-refractivity contribution < 1.29 is 29.3 Å². The molecule has 0 saturated carbocycles. The Hall–Kier alpha value is -1.44. The molecule has 1 rings (SSSR count). The van der Waals surface area contributed by atoms with Gasteiger partial charge in [0.1, 0.15) is 11.0 Å². The summed E-state index contributed by atoms with van der Waals surface area (Å²) in [4.78, 5) is 22.9. The van der Waals surface area contributed by atoms with Crippen molar-refractivity contribution in [1.29, 1.82) is 0 Å². The second-order valence-corrected chi connectivity index (χ2v) is 4.60. The molecule has 0 fully saturated rings. The predicted molar refractivity (Wildman–Crippen MR) is 63.3 cm³/mol. The molecule has 0 aliphatic heterocycles. The maximum atomic E-state index is 11.2. The number of hydrogen-bond donors (Lipinski definition) is 2. The molecule has 6 nitrogen and oxygen atoms in total. The molecule has 0 aliphatic rings. The Kier molecular flexibility index (Phi) is 5.26. The third-order valence-electron chi connectivity index (χ3n) is 2.27. The minimum Gasteiger partial charge on any atom is -0.469 e. The number of hydrogen-bond acceptors (Lipinski definition) is 7. The second-order valence-electron chi connectivity index (χ2n) is 3.49. The molecule has 0 aliphatic carbocycles. The number of rotatable bonds is 5. The van der Waals surface area contributed by atoms with Gasteiger partial charge in [-0.3, -0.25) is 4.79 Å². The van der Waals surface area contributed by atoms with Crippen molar-refractivity contribution >= 4 is 23.3 Å². The van der Waals surface area contributed by atoms with Crippen molar-refractivity contribution in [2.24, 2.45) is 0 Å². The second kappa shape index (κ2) is 6.48. The number of carbonyl (C=O) groups is 2. The van der Waals surface area contributed by atoms with Crippen LogP contribution in [-0.2, 0) is 14.3 Å². The molecule has 0 spiro atoms. The molecule has 0 bridgehead atoms. The van der Waals surface area contributed by atoms with Crippen LogP contribution in [0.4, 0.5) is 0 Å². The van der Waals surface area contributed by atoms with E-state index in [1.54, 1.807) is 0 Å². The molecule has 2 unspecified atom stereocenters. The number of aliphatic hydroxyl groups is 2. The number of carbonyl (C=O) groups excluding carboxylic acids is 2. The third-order valence-corrected chi connectivity index (χ3v) is 3.41. The minimum absolute atomic E-state index is 0.316. The highest BCUT2D eigenvalue weighted by Crippen LogP contribution is 2.27. The van der Waals surface area contributed by atoms with E-state index in [1.165, 1.54) is 26.4 Å². The van der Waals surface area contributed by atoms with Gasteiger partial charge in [-0.05, 0) is 12.1 Å². The molecule has 0 radical (unpaired) electrons. The quantitative estimate of drug-likeness (QED) is 0.759. The topological polar surface area (TPSA) is 93.1 Å². The Labute approximate surface area is 108 Å².